The maximum atomic E-state index is 10.8. The second kappa shape index (κ2) is 15.8. The van der Waals surface area contributed by atoms with E-state index in [1.807, 2.05) is 0 Å². The molecule has 0 aromatic rings. The van der Waals surface area contributed by atoms with Crippen molar-refractivity contribution >= 4 is 5.97 Å². The minimum atomic E-state index is -0.346. The van der Waals surface area contributed by atoms with Crippen LogP contribution in [0.3, 0.4) is 0 Å². The minimum absolute atomic E-state index is 0.0479. The Bertz CT molecular complexity index is 235. The third-order valence-corrected chi connectivity index (χ3v) is 3.85. The molecule has 0 bridgehead atoms. The molecule has 0 aromatic heterocycles. The molecule has 0 saturated heterocycles. The fourth-order valence-corrected chi connectivity index (χ4v) is 2.42. The Labute approximate surface area is 131 Å². The van der Waals surface area contributed by atoms with Gasteiger partial charge in [0.15, 0.2) is 0 Å². The average Bonchev–Trinajstić information content (AvgIpc) is 2.49. The minimum Gasteiger partial charge on any atom is -0.465 e. The van der Waals surface area contributed by atoms with Gasteiger partial charge in [0.1, 0.15) is 0 Å². The molecule has 0 aliphatic rings. The summed E-state index contributed by atoms with van der Waals surface area (Å²) in [6.45, 7) is 2.61. The largest absolute Gasteiger partial charge is 0.465 e. The first-order valence-corrected chi connectivity index (χ1v) is 8.82. The van der Waals surface area contributed by atoms with Crippen molar-refractivity contribution in [1.82, 2.24) is 0 Å². The van der Waals surface area contributed by atoms with E-state index >= 15 is 0 Å². The van der Waals surface area contributed by atoms with Crippen LogP contribution in [0.25, 0.3) is 0 Å². The van der Waals surface area contributed by atoms with Crippen molar-refractivity contribution in [3.63, 3.8) is 0 Å². The highest BCUT2D eigenvalue weighted by Gasteiger charge is 2.04. The van der Waals surface area contributed by atoms with Crippen molar-refractivity contribution in [3.05, 3.63) is 0 Å². The summed E-state index contributed by atoms with van der Waals surface area (Å²) in [4.78, 5) is 10.8. The third-order valence-electron chi connectivity index (χ3n) is 3.85. The zero-order valence-electron chi connectivity index (χ0n) is 13.9. The molecule has 4 N–H and O–H groups in total. The quantitative estimate of drug-likeness (QED) is 0.358. The summed E-state index contributed by atoms with van der Waals surface area (Å²) in [6.07, 6.45) is 15.2. The van der Waals surface area contributed by atoms with Gasteiger partial charge in [0.05, 0.1) is 13.2 Å². The molecule has 0 amide bonds. The smallest absolute Gasteiger partial charge is 0.319 e. The summed E-state index contributed by atoms with van der Waals surface area (Å²) < 4.78 is 4.92. The maximum Gasteiger partial charge on any atom is 0.319 e. The molecule has 0 saturated carbocycles. The van der Waals surface area contributed by atoms with E-state index in [0.717, 1.165) is 12.8 Å². The zero-order chi connectivity index (χ0) is 15.8. The number of hydrogen-bond donors (Lipinski definition) is 2. The maximum absolute atomic E-state index is 10.8. The fraction of sp³-hybridized carbons (Fsp3) is 0.941. The van der Waals surface area contributed by atoms with Crippen molar-refractivity contribution in [2.24, 2.45) is 11.5 Å². The number of carbonyl (C=O) groups is 1. The summed E-state index contributed by atoms with van der Waals surface area (Å²) >= 11 is 0. The first kappa shape index (κ1) is 20.4. The SMILES string of the molecule is CCCCCCCCCCCCC(N)CCOC(=O)CN. The molecule has 0 aromatic carbocycles. The molecule has 4 nitrogen and oxygen atoms in total. The monoisotopic (exact) mass is 300 g/mol. The van der Waals surface area contributed by atoms with Crippen LogP contribution in [0, 0.1) is 0 Å². The second-order valence-electron chi connectivity index (χ2n) is 5.94. The highest BCUT2D eigenvalue weighted by atomic mass is 16.5. The van der Waals surface area contributed by atoms with Crippen LogP contribution in [-0.2, 0) is 9.53 Å². The Hall–Kier alpha value is -0.610. The van der Waals surface area contributed by atoms with Crippen LogP contribution in [0.4, 0.5) is 0 Å². The number of hydrogen-bond acceptors (Lipinski definition) is 4. The van der Waals surface area contributed by atoms with Gasteiger partial charge in [-0.3, -0.25) is 4.79 Å². The number of nitrogens with two attached hydrogens (primary N) is 2. The molecule has 0 aliphatic carbocycles. The molecule has 0 fully saturated rings. The van der Waals surface area contributed by atoms with E-state index in [9.17, 15) is 4.79 Å². The normalized spacial score (nSPS) is 12.3. The topological polar surface area (TPSA) is 78.3 Å². The van der Waals surface area contributed by atoms with Crippen molar-refractivity contribution < 1.29 is 9.53 Å². The van der Waals surface area contributed by atoms with Crippen LogP contribution in [-0.4, -0.2) is 25.2 Å². The molecule has 0 heterocycles. The Kier molecular flexibility index (Phi) is 15.3. The first-order valence-electron chi connectivity index (χ1n) is 8.82. The molecule has 4 heteroatoms. The molecule has 1 unspecified atom stereocenters. The van der Waals surface area contributed by atoms with Gasteiger partial charge in [-0.1, -0.05) is 71.1 Å². The van der Waals surface area contributed by atoms with E-state index in [-0.39, 0.29) is 18.6 Å². The van der Waals surface area contributed by atoms with Gasteiger partial charge in [-0.25, -0.2) is 0 Å². The molecule has 0 spiro atoms. The molecule has 0 radical (unpaired) electrons. The second-order valence-corrected chi connectivity index (χ2v) is 5.94. The Morgan fingerprint density at radius 1 is 0.905 bits per heavy atom. The summed E-state index contributed by atoms with van der Waals surface area (Å²) in [6, 6.07) is 0.143. The number of rotatable bonds is 15. The predicted octanol–water partition coefficient (Wildman–Crippen LogP) is 3.52. The van der Waals surface area contributed by atoms with Gasteiger partial charge in [-0.2, -0.15) is 0 Å². The molecular formula is C17H36N2O2. The number of ether oxygens (including phenoxy) is 1. The van der Waals surface area contributed by atoms with Crippen molar-refractivity contribution in [3.8, 4) is 0 Å². The Morgan fingerprint density at radius 2 is 1.43 bits per heavy atom. The highest BCUT2D eigenvalue weighted by molar-refractivity contribution is 5.71. The van der Waals surface area contributed by atoms with E-state index in [1.165, 1.54) is 64.2 Å². The summed E-state index contributed by atoms with van der Waals surface area (Å²) in [5.74, 6) is -0.346. The Balaban J connectivity index is 3.17. The standard InChI is InChI=1S/C17H36N2O2/c1-2-3-4-5-6-7-8-9-10-11-12-16(19)13-14-21-17(20)15-18/h16H,2-15,18-19H2,1H3. The van der Waals surface area contributed by atoms with Gasteiger partial charge in [-0.15, -0.1) is 0 Å². The molecule has 21 heavy (non-hydrogen) atoms. The van der Waals surface area contributed by atoms with Gasteiger partial charge < -0.3 is 16.2 Å². The lowest BCUT2D eigenvalue weighted by Crippen LogP contribution is -2.24. The molecule has 0 aliphatic heterocycles. The van der Waals surface area contributed by atoms with Gasteiger partial charge >= 0.3 is 5.97 Å². The summed E-state index contributed by atoms with van der Waals surface area (Å²) in [7, 11) is 0. The van der Waals surface area contributed by atoms with E-state index in [4.69, 9.17) is 16.2 Å². The van der Waals surface area contributed by atoms with Crippen LogP contribution in [0.15, 0.2) is 0 Å². The van der Waals surface area contributed by atoms with Crippen LogP contribution >= 0.6 is 0 Å². The van der Waals surface area contributed by atoms with Crippen LogP contribution in [0.2, 0.25) is 0 Å². The van der Waals surface area contributed by atoms with E-state index in [0.29, 0.717) is 6.61 Å². The molecule has 0 rings (SSSR count). The van der Waals surface area contributed by atoms with Crippen LogP contribution < -0.4 is 11.5 Å². The zero-order valence-corrected chi connectivity index (χ0v) is 13.9. The lowest BCUT2D eigenvalue weighted by molar-refractivity contribution is -0.142. The van der Waals surface area contributed by atoms with Crippen LogP contribution in [0.1, 0.15) is 84.0 Å². The lowest BCUT2D eigenvalue weighted by atomic mass is 10.0. The third kappa shape index (κ3) is 15.6. The molecule has 1 atom stereocenters. The highest BCUT2D eigenvalue weighted by Crippen LogP contribution is 2.12. The van der Waals surface area contributed by atoms with Crippen molar-refractivity contribution in [2.45, 2.75) is 90.0 Å². The average molecular weight is 300 g/mol. The van der Waals surface area contributed by atoms with E-state index in [1.54, 1.807) is 0 Å². The number of carbonyl (C=O) groups excluding carboxylic acids is 1. The van der Waals surface area contributed by atoms with E-state index in [2.05, 4.69) is 6.92 Å². The number of unbranched alkanes of at least 4 members (excludes halogenated alkanes) is 9. The predicted molar refractivity (Wildman–Crippen MR) is 89.1 cm³/mol. The summed E-state index contributed by atoms with van der Waals surface area (Å²) in [5, 5.41) is 0. The van der Waals surface area contributed by atoms with Gasteiger partial charge in [-0.05, 0) is 12.8 Å². The molecular weight excluding hydrogens is 264 g/mol. The van der Waals surface area contributed by atoms with E-state index < -0.39 is 0 Å². The lowest BCUT2D eigenvalue weighted by Gasteiger charge is -2.11. The molecule has 126 valence electrons. The van der Waals surface area contributed by atoms with Crippen molar-refractivity contribution in [2.75, 3.05) is 13.2 Å². The van der Waals surface area contributed by atoms with Gasteiger partial charge in [0, 0.05) is 6.04 Å². The Morgan fingerprint density at radius 3 is 1.95 bits per heavy atom. The summed E-state index contributed by atoms with van der Waals surface area (Å²) in [5.41, 5.74) is 11.1. The first-order chi connectivity index (χ1) is 10.2. The fourth-order valence-electron chi connectivity index (χ4n) is 2.42. The van der Waals surface area contributed by atoms with Crippen LogP contribution in [0.5, 0.6) is 0 Å². The van der Waals surface area contributed by atoms with Gasteiger partial charge in [0.2, 0.25) is 0 Å². The van der Waals surface area contributed by atoms with Crippen molar-refractivity contribution in [1.29, 1.82) is 0 Å². The van der Waals surface area contributed by atoms with Gasteiger partial charge in [0.25, 0.3) is 0 Å². The number of esters is 1.